The monoisotopic (exact) mass is 404 g/mol. The van der Waals surface area contributed by atoms with Gasteiger partial charge in [0.25, 0.3) is 0 Å². The van der Waals surface area contributed by atoms with Crippen LogP contribution in [-0.2, 0) is 4.79 Å². The Morgan fingerprint density at radius 1 is 0.867 bits per heavy atom. The first kappa shape index (κ1) is 21.4. The van der Waals surface area contributed by atoms with Gasteiger partial charge in [0.05, 0.1) is 6.61 Å². The van der Waals surface area contributed by atoms with Gasteiger partial charge in [0, 0.05) is 12.3 Å². The van der Waals surface area contributed by atoms with E-state index in [2.05, 4.69) is 43.3 Å². The summed E-state index contributed by atoms with van der Waals surface area (Å²) in [5.74, 6) is 0.617. The van der Waals surface area contributed by atoms with E-state index in [1.165, 1.54) is 11.1 Å². The van der Waals surface area contributed by atoms with Gasteiger partial charge >= 0.3 is 5.97 Å². The Labute approximate surface area is 177 Å². The molecule has 156 valence electrons. The first-order valence-electron chi connectivity index (χ1n) is 10.4. The Hall–Kier alpha value is -3.27. The van der Waals surface area contributed by atoms with Gasteiger partial charge in [-0.15, -0.1) is 0 Å². The molecule has 2 unspecified atom stereocenters. The second-order valence-corrected chi connectivity index (χ2v) is 7.41. The Kier molecular flexibility index (Phi) is 7.50. The third-order valence-electron chi connectivity index (χ3n) is 5.37. The molecule has 0 bridgehead atoms. The molecule has 3 aromatic carbocycles. The van der Waals surface area contributed by atoms with Crippen LogP contribution in [0.15, 0.2) is 78.9 Å². The van der Waals surface area contributed by atoms with Crippen LogP contribution in [0.3, 0.4) is 0 Å². The van der Waals surface area contributed by atoms with Crippen LogP contribution in [0.25, 0.3) is 0 Å². The second kappa shape index (κ2) is 10.5. The summed E-state index contributed by atoms with van der Waals surface area (Å²) in [6, 6.07) is 26.0. The van der Waals surface area contributed by atoms with Gasteiger partial charge in [0.2, 0.25) is 0 Å². The van der Waals surface area contributed by atoms with Gasteiger partial charge in [-0.25, -0.2) is 0 Å². The number of rotatable bonds is 10. The van der Waals surface area contributed by atoms with Gasteiger partial charge in [-0.3, -0.25) is 4.79 Å². The van der Waals surface area contributed by atoms with Crippen molar-refractivity contribution in [3.8, 4) is 11.5 Å². The van der Waals surface area contributed by atoms with E-state index in [4.69, 9.17) is 9.84 Å². The number of benzene rings is 3. The Balaban J connectivity index is 1.86. The highest BCUT2D eigenvalue weighted by Gasteiger charge is 2.25. The summed E-state index contributed by atoms with van der Waals surface area (Å²) >= 11 is 0. The normalized spacial score (nSPS) is 12.8. The molecule has 0 aromatic heterocycles. The summed E-state index contributed by atoms with van der Waals surface area (Å²) in [4.78, 5) is 10.6. The molecule has 0 amide bonds. The minimum absolute atomic E-state index is 0.107. The summed E-state index contributed by atoms with van der Waals surface area (Å²) in [5, 5.41) is 18.5. The Morgan fingerprint density at radius 2 is 1.47 bits per heavy atom. The van der Waals surface area contributed by atoms with Crippen LogP contribution in [0.5, 0.6) is 11.5 Å². The smallest absolute Gasteiger partial charge is 0.303 e. The van der Waals surface area contributed by atoms with Gasteiger partial charge < -0.3 is 14.9 Å². The highest BCUT2D eigenvalue weighted by atomic mass is 16.5. The maximum absolute atomic E-state index is 10.6. The lowest BCUT2D eigenvalue weighted by Gasteiger charge is -2.28. The molecule has 2 atom stereocenters. The number of aromatic hydroxyl groups is 1. The molecule has 0 aliphatic heterocycles. The van der Waals surface area contributed by atoms with Crippen molar-refractivity contribution in [2.24, 2.45) is 0 Å². The lowest BCUT2D eigenvalue weighted by molar-refractivity contribution is -0.137. The van der Waals surface area contributed by atoms with Crippen LogP contribution < -0.4 is 4.74 Å². The molecule has 0 heterocycles. The first-order valence-corrected chi connectivity index (χ1v) is 10.4. The number of carboxylic acid groups (broad SMARTS) is 1. The number of aliphatic carboxylic acids is 1. The van der Waals surface area contributed by atoms with Crippen LogP contribution in [0.2, 0.25) is 0 Å². The molecule has 4 heteroatoms. The van der Waals surface area contributed by atoms with E-state index in [-0.39, 0.29) is 24.0 Å². The molecular weight excluding hydrogens is 376 g/mol. The van der Waals surface area contributed by atoms with Crippen molar-refractivity contribution >= 4 is 5.97 Å². The zero-order chi connectivity index (χ0) is 21.3. The number of carboxylic acids is 1. The molecule has 3 rings (SSSR count). The summed E-state index contributed by atoms with van der Waals surface area (Å²) < 4.78 is 5.69. The van der Waals surface area contributed by atoms with Crippen molar-refractivity contribution in [1.82, 2.24) is 0 Å². The molecule has 0 fully saturated rings. The zero-order valence-electron chi connectivity index (χ0n) is 17.2. The minimum Gasteiger partial charge on any atom is -0.508 e. The van der Waals surface area contributed by atoms with Gasteiger partial charge in [0.1, 0.15) is 11.5 Å². The first-order chi connectivity index (χ1) is 14.6. The van der Waals surface area contributed by atoms with Crippen LogP contribution in [0, 0.1) is 0 Å². The Morgan fingerprint density at radius 3 is 2.03 bits per heavy atom. The fourth-order valence-electron chi connectivity index (χ4n) is 3.89. The van der Waals surface area contributed by atoms with E-state index < -0.39 is 5.97 Å². The highest BCUT2D eigenvalue weighted by molar-refractivity contribution is 5.66. The summed E-state index contributed by atoms with van der Waals surface area (Å²) in [6.07, 6.45) is 1.57. The van der Waals surface area contributed by atoms with E-state index in [1.54, 1.807) is 12.1 Å². The molecule has 0 saturated carbocycles. The van der Waals surface area contributed by atoms with Crippen molar-refractivity contribution < 1.29 is 19.7 Å². The topological polar surface area (TPSA) is 66.8 Å². The van der Waals surface area contributed by atoms with Crippen molar-refractivity contribution in [3.05, 3.63) is 95.6 Å². The van der Waals surface area contributed by atoms with E-state index in [0.717, 1.165) is 17.7 Å². The molecule has 0 radical (unpaired) electrons. The number of phenolic OH excluding ortho intramolecular Hbond substituents is 1. The van der Waals surface area contributed by atoms with Crippen LogP contribution in [0.4, 0.5) is 0 Å². The van der Waals surface area contributed by atoms with Gasteiger partial charge in [-0.2, -0.15) is 0 Å². The molecule has 2 N–H and O–H groups in total. The standard InChI is InChI=1S/C26H28O4/c1-2-24(19-7-4-3-5-8-19)26(20-10-14-22(27)15-11-20)21-12-16-23(17-13-21)30-18-6-9-25(28)29/h3-5,7-8,10-17,24,26-27H,2,6,9,18H2,1H3,(H,28,29). The molecule has 0 spiro atoms. The zero-order valence-corrected chi connectivity index (χ0v) is 17.2. The van der Waals surface area contributed by atoms with E-state index >= 15 is 0 Å². The molecule has 0 saturated heterocycles. The number of phenols is 1. The lowest BCUT2D eigenvalue weighted by atomic mass is 9.76. The van der Waals surface area contributed by atoms with Gasteiger partial charge in [-0.1, -0.05) is 61.5 Å². The van der Waals surface area contributed by atoms with Crippen LogP contribution in [-0.4, -0.2) is 22.8 Å². The summed E-state index contributed by atoms with van der Waals surface area (Å²) in [6.45, 7) is 2.58. The maximum Gasteiger partial charge on any atom is 0.303 e. The van der Waals surface area contributed by atoms with Crippen LogP contribution >= 0.6 is 0 Å². The van der Waals surface area contributed by atoms with Crippen molar-refractivity contribution in [2.75, 3.05) is 6.61 Å². The largest absolute Gasteiger partial charge is 0.508 e. The summed E-state index contributed by atoms with van der Waals surface area (Å²) in [7, 11) is 0. The lowest BCUT2D eigenvalue weighted by Crippen LogP contribution is -2.12. The molecule has 0 aliphatic rings. The van der Waals surface area contributed by atoms with Crippen molar-refractivity contribution in [1.29, 1.82) is 0 Å². The molecule has 30 heavy (non-hydrogen) atoms. The quantitative estimate of drug-likeness (QED) is 0.409. The maximum atomic E-state index is 10.6. The fraction of sp³-hybridized carbons (Fsp3) is 0.269. The fourth-order valence-corrected chi connectivity index (χ4v) is 3.89. The van der Waals surface area contributed by atoms with E-state index in [9.17, 15) is 9.90 Å². The minimum atomic E-state index is -0.808. The van der Waals surface area contributed by atoms with E-state index in [0.29, 0.717) is 13.0 Å². The van der Waals surface area contributed by atoms with Crippen LogP contribution in [0.1, 0.15) is 54.7 Å². The highest BCUT2D eigenvalue weighted by Crippen LogP contribution is 2.41. The predicted octanol–water partition coefficient (Wildman–Crippen LogP) is 5.96. The predicted molar refractivity (Wildman–Crippen MR) is 118 cm³/mol. The summed E-state index contributed by atoms with van der Waals surface area (Å²) in [5.41, 5.74) is 3.61. The third kappa shape index (κ3) is 5.63. The average molecular weight is 405 g/mol. The molecule has 3 aromatic rings. The second-order valence-electron chi connectivity index (χ2n) is 7.41. The van der Waals surface area contributed by atoms with E-state index in [1.807, 2.05) is 30.3 Å². The number of ether oxygens (including phenoxy) is 1. The molecule has 4 nitrogen and oxygen atoms in total. The van der Waals surface area contributed by atoms with Crippen molar-refractivity contribution in [2.45, 2.75) is 38.0 Å². The SMILES string of the molecule is CCC(c1ccccc1)C(c1ccc(O)cc1)c1ccc(OCCCC(=O)O)cc1. The van der Waals surface area contributed by atoms with Crippen molar-refractivity contribution in [3.63, 3.8) is 0 Å². The number of hydrogen-bond acceptors (Lipinski definition) is 3. The molecule has 0 aliphatic carbocycles. The third-order valence-corrected chi connectivity index (χ3v) is 5.37. The number of hydrogen-bond donors (Lipinski definition) is 2. The number of carbonyl (C=O) groups is 1. The molecular formula is C26H28O4. The average Bonchev–Trinajstić information content (AvgIpc) is 2.77. The van der Waals surface area contributed by atoms with Gasteiger partial charge in [-0.05, 0) is 59.7 Å². The van der Waals surface area contributed by atoms with Gasteiger partial charge in [0.15, 0.2) is 0 Å². The Bertz CT molecular complexity index is 918.